The molecule has 0 atom stereocenters. The highest BCUT2D eigenvalue weighted by molar-refractivity contribution is 6.35. The molecule has 0 fully saturated rings. The van der Waals surface area contributed by atoms with Gasteiger partial charge in [-0.15, -0.1) is 0 Å². The van der Waals surface area contributed by atoms with Crippen LogP contribution in [0.5, 0.6) is 0 Å². The number of carbonyl (C=O) groups excluding carboxylic acids is 3. The predicted molar refractivity (Wildman–Crippen MR) is 205 cm³/mol. The molecule has 4 aromatic carbocycles. The van der Waals surface area contributed by atoms with Crippen LogP contribution >= 0.6 is 0 Å². The summed E-state index contributed by atoms with van der Waals surface area (Å²) in [5.74, 6) is -2.23. The average Bonchev–Trinajstić information content (AvgIpc) is 3.81. The second kappa shape index (κ2) is 14.4. The Hall–Kier alpha value is -7.42. The van der Waals surface area contributed by atoms with Crippen molar-refractivity contribution >= 4 is 63.9 Å². The summed E-state index contributed by atoms with van der Waals surface area (Å²) in [6.07, 6.45) is -0.239. The van der Waals surface area contributed by atoms with Crippen LogP contribution in [0.3, 0.4) is 0 Å². The molecule has 4 amide bonds. The van der Waals surface area contributed by atoms with Crippen LogP contribution in [-0.2, 0) is 11.0 Å². The number of imidazole rings is 1. The molecule has 0 spiro atoms. The third kappa shape index (κ3) is 7.37. The highest BCUT2D eigenvalue weighted by Gasteiger charge is 2.33. The monoisotopic (exact) mass is 759 g/mol. The van der Waals surface area contributed by atoms with Crippen LogP contribution in [-0.4, -0.2) is 43.5 Å². The number of halogens is 3. The highest BCUT2D eigenvalue weighted by atomic mass is 19.4. The second-order valence-corrected chi connectivity index (χ2v) is 13.0. The van der Waals surface area contributed by atoms with Gasteiger partial charge in [0, 0.05) is 51.5 Å². The first-order valence-electron chi connectivity index (χ1n) is 17.1. The molecule has 1 aliphatic rings. The number of fused-ring (bicyclic) bond motifs is 1. The predicted octanol–water partition coefficient (Wildman–Crippen LogP) is 8.96. The number of para-hydroxylation sites is 1. The maximum absolute atomic E-state index is 14.3. The van der Waals surface area contributed by atoms with E-state index >= 15 is 0 Å². The van der Waals surface area contributed by atoms with Gasteiger partial charge < -0.3 is 30.6 Å². The van der Waals surface area contributed by atoms with Gasteiger partial charge in [-0.2, -0.15) is 13.2 Å². The van der Waals surface area contributed by atoms with Gasteiger partial charge >= 0.3 is 18.2 Å². The van der Waals surface area contributed by atoms with Crippen LogP contribution in [0.25, 0.3) is 17.3 Å². The Balaban J connectivity index is 1.14. The first kappa shape index (κ1) is 36.9. The summed E-state index contributed by atoms with van der Waals surface area (Å²) in [6, 6.07) is 21.9. The Morgan fingerprint density at radius 1 is 0.875 bits per heavy atom. The number of carbonyl (C=O) groups is 4. The van der Waals surface area contributed by atoms with E-state index in [9.17, 15) is 37.5 Å². The van der Waals surface area contributed by atoms with Gasteiger partial charge in [0.1, 0.15) is 0 Å². The van der Waals surface area contributed by atoms with Crippen LogP contribution in [0.4, 0.5) is 46.4 Å². The number of nitrogens with one attached hydrogen (secondary N) is 4. The summed E-state index contributed by atoms with van der Waals surface area (Å²) < 4.78 is 43.7. The quantitative estimate of drug-likeness (QED) is 0.0974. The van der Waals surface area contributed by atoms with Crippen molar-refractivity contribution in [3.05, 3.63) is 148 Å². The van der Waals surface area contributed by atoms with E-state index in [1.54, 1.807) is 99.8 Å². The van der Waals surface area contributed by atoms with Gasteiger partial charge in [-0.25, -0.2) is 14.6 Å². The van der Waals surface area contributed by atoms with Gasteiger partial charge in [-0.1, -0.05) is 30.3 Å². The normalized spacial score (nSPS) is 13.0. The molecule has 2 aromatic heterocycles. The molecule has 282 valence electrons. The molecule has 0 saturated heterocycles. The summed E-state index contributed by atoms with van der Waals surface area (Å²) in [5, 5.41) is 17.7. The molecular weight excluding hydrogens is 727 g/mol. The summed E-state index contributed by atoms with van der Waals surface area (Å²) in [5.41, 5.74) is 3.54. The SMILES string of the molecule is Cc1cn(-c2cc(C(=O)N(c3ccccc3)c3cccc(NC(=O)Nc4ccc5c(c4)NC(=O)C5=Cc4[nH]c(C)c(C(=O)O)c4C)c3)cc(C(F)(F)F)c2)cn1. The van der Waals surface area contributed by atoms with Crippen LogP contribution in [0.15, 0.2) is 104 Å². The average molecular weight is 760 g/mol. The zero-order valence-electron chi connectivity index (χ0n) is 29.9. The number of aryl methyl sites for hydroxylation is 2. The van der Waals surface area contributed by atoms with Crippen LogP contribution in [0, 0.1) is 20.8 Å². The lowest BCUT2D eigenvalue weighted by atomic mass is 10.0. The molecule has 12 nitrogen and oxygen atoms in total. The molecular formula is C41H32F3N7O5. The van der Waals surface area contributed by atoms with Crippen molar-refractivity contribution in [3.8, 4) is 5.69 Å². The Morgan fingerprint density at radius 2 is 1.59 bits per heavy atom. The molecule has 56 heavy (non-hydrogen) atoms. The molecule has 0 bridgehead atoms. The fourth-order valence-electron chi connectivity index (χ4n) is 6.51. The van der Waals surface area contributed by atoms with Crippen molar-refractivity contribution in [3.63, 3.8) is 0 Å². The molecule has 0 aliphatic carbocycles. The summed E-state index contributed by atoms with van der Waals surface area (Å²) in [6.45, 7) is 4.99. The summed E-state index contributed by atoms with van der Waals surface area (Å²) in [4.78, 5) is 60.5. The number of benzene rings is 4. The molecule has 5 N–H and O–H groups in total. The number of H-pyrrole nitrogens is 1. The van der Waals surface area contributed by atoms with E-state index in [4.69, 9.17) is 0 Å². The molecule has 15 heteroatoms. The van der Waals surface area contributed by atoms with Crippen LogP contribution < -0.4 is 20.9 Å². The van der Waals surface area contributed by atoms with E-state index in [0.29, 0.717) is 50.8 Å². The number of aromatic carboxylic acids is 1. The maximum Gasteiger partial charge on any atom is 0.416 e. The minimum atomic E-state index is -4.74. The van der Waals surface area contributed by atoms with Crippen molar-refractivity contribution in [2.45, 2.75) is 26.9 Å². The zero-order valence-corrected chi connectivity index (χ0v) is 29.9. The number of urea groups is 1. The number of carboxylic acids is 1. The molecule has 6 aromatic rings. The number of aromatic amines is 1. The molecule has 0 radical (unpaired) electrons. The minimum Gasteiger partial charge on any atom is -0.478 e. The third-order valence-corrected chi connectivity index (χ3v) is 9.12. The topological polar surface area (TPSA) is 161 Å². The number of anilines is 5. The molecule has 1 aliphatic heterocycles. The standard InChI is InChI=1S/C41H32F3N7O5/c1-22-20-50(21-45-22)31-15-25(14-26(16-31)41(42,43)44)38(53)51(29-9-5-4-6-10-29)30-11-7-8-27(17-30)47-40(56)48-28-12-13-32-33(37(52)49-35(32)18-28)19-34-23(2)36(39(54)55)24(3)46-34/h4-21,46H,1-3H3,(H,49,52)(H,54,55)(H2,47,48,56). The Bertz CT molecular complexity index is 2590. The summed E-state index contributed by atoms with van der Waals surface area (Å²) in [7, 11) is 0. The van der Waals surface area contributed by atoms with Crippen molar-refractivity contribution in [1.82, 2.24) is 14.5 Å². The minimum absolute atomic E-state index is 0.0993. The van der Waals surface area contributed by atoms with Gasteiger partial charge in [-0.3, -0.25) is 14.5 Å². The van der Waals surface area contributed by atoms with Gasteiger partial charge in [0.05, 0.1) is 40.1 Å². The number of rotatable bonds is 8. The van der Waals surface area contributed by atoms with Gasteiger partial charge in [0.2, 0.25) is 0 Å². The first-order chi connectivity index (χ1) is 26.7. The van der Waals surface area contributed by atoms with Gasteiger partial charge in [-0.05, 0) is 93.1 Å². The lowest BCUT2D eigenvalue weighted by Gasteiger charge is -2.24. The Labute approximate surface area is 317 Å². The van der Waals surface area contributed by atoms with E-state index in [1.165, 1.54) is 27.9 Å². The van der Waals surface area contributed by atoms with Gasteiger partial charge in [0.15, 0.2) is 0 Å². The summed E-state index contributed by atoms with van der Waals surface area (Å²) >= 11 is 0. The smallest absolute Gasteiger partial charge is 0.416 e. The van der Waals surface area contributed by atoms with Crippen molar-refractivity contribution in [2.24, 2.45) is 0 Å². The number of carboxylic acid groups (broad SMARTS) is 1. The first-order valence-corrected chi connectivity index (χ1v) is 17.1. The number of amides is 4. The van der Waals surface area contributed by atoms with E-state index in [2.05, 4.69) is 25.9 Å². The van der Waals surface area contributed by atoms with Gasteiger partial charge in [0.25, 0.3) is 11.8 Å². The molecule has 7 rings (SSSR count). The van der Waals surface area contributed by atoms with E-state index in [1.807, 2.05) is 0 Å². The van der Waals surface area contributed by atoms with Crippen LogP contribution in [0.2, 0.25) is 0 Å². The number of hydrogen-bond donors (Lipinski definition) is 5. The lowest BCUT2D eigenvalue weighted by Crippen LogP contribution is -2.27. The van der Waals surface area contributed by atoms with Crippen molar-refractivity contribution in [1.29, 1.82) is 0 Å². The van der Waals surface area contributed by atoms with Crippen LogP contribution in [0.1, 0.15) is 54.5 Å². The highest BCUT2D eigenvalue weighted by Crippen LogP contribution is 2.37. The van der Waals surface area contributed by atoms with Crippen molar-refractivity contribution < 1.29 is 37.5 Å². The number of alkyl halides is 3. The molecule has 3 heterocycles. The molecule has 0 unspecified atom stereocenters. The maximum atomic E-state index is 14.3. The van der Waals surface area contributed by atoms with E-state index in [-0.39, 0.29) is 28.2 Å². The number of nitrogens with zero attached hydrogens (tertiary/aromatic N) is 3. The largest absolute Gasteiger partial charge is 0.478 e. The third-order valence-electron chi connectivity index (χ3n) is 9.12. The van der Waals surface area contributed by atoms with E-state index in [0.717, 1.165) is 12.1 Å². The fraction of sp³-hybridized carbons (Fsp3) is 0.0976. The number of aromatic nitrogens is 3. The molecule has 0 saturated carbocycles. The Kier molecular flexibility index (Phi) is 9.51. The zero-order chi connectivity index (χ0) is 39.9. The Morgan fingerprint density at radius 3 is 2.25 bits per heavy atom. The number of hydrogen-bond acceptors (Lipinski definition) is 5. The van der Waals surface area contributed by atoms with E-state index < -0.39 is 35.6 Å². The fourth-order valence-corrected chi connectivity index (χ4v) is 6.51. The van der Waals surface area contributed by atoms with Crippen molar-refractivity contribution in [2.75, 3.05) is 20.9 Å². The lowest BCUT2D eigenvalue weighted by molar-refractivity contribution is -0.137. The second-order valence-electron chi connectivity index (χ2n) is 13.0.